The second-order valence-electron chi connectivity index (χ2n) is 7.15. The highest BCUT2D eigenvalue weighted by molar-refractivity contribution is 7.88. The van der Waals surface area contributed by atoms with Gasteiger partial charge in [-0.2, -0.15) is 0 Å². The summed E-state index contributed by atoms with van der Waals surface area (Å²) in [5, 5.41) is 0.326. The molecule has 0 bridgehead atoms. The number of methoxy groups -OCH3 is 1. The van der Waals surface area contributed by atoms with Gasteiger partial charge in [0.15, 0.2) is 11.5 Å². The number of amides is 1. The molecule has 9 heteroatoms. The Morgan fingerprint density at radius 3 is 2.48 bits per heavy atom. The van der Waals surface area contributed by atoms with E-state index < -0.39 is 10.0 Å². The Hall–Kier alpha value is -1.51. The highest BCUT2D eigenvalue weighted by Gasteiger charge is 2.26. The summed E-state index contributed by atoms with van der Waals surface area (Å²) in [7, 11) is -1.74. The number of nitrogens with one attached hydrogen (secondary N) is 1. The minimum absolute atomic E-state index is 0.144. The van der Waals surface area contributed by atoms with Crippen molar-refractivity contribution in [1.82, 2.24) is 9.62 Å². The molecular formula is C18H27ClN2O5S. The van der Waals surface area contributed by atoms with Gasteiger partial charge in [0.05, 0.1) is 25.0 Å². The summed E-state index contributed by atoms with van der Waals surface area (Å²) in [6.45, 7) is 5.49. The van der Waals surface area contributed by atoms with Crippen LogP contribution in [-0.2, 0) is 10.0 Å². The van der Waals surface area contributed by atoms with Gasteiger partial charge in [-0.15, -0.1) is 0 Å². The van der Waals surface area contributed by atoms with Crippen molar-refractivity contribution in [2.45, 2.75) is 32.7 Å². The van der Waals surface area contributed by atoms with Crippen molar-refractivity contribution in [1.29, 1.82) is 0 Å². The highest BCUT2D eigenvalue weighted by Crippen LogP contribution is 2.37. The summed E-state index contributed by atoms with van der Waals surface area (Å²) in [5.74, 6) is 1.01. The van der Waals surface area contributed by atoms with Crippen LogP contribution in [0.1, 0.15) is 37.0 Å². The van der Waals surface area contributed by atoms with Crippen LogP contribution < -0.4 is 14.2 Å². The predicted molar refractivity (Wildman–Crippen MR) is 105 cm³/mol. The summed E-state index contributed by atoms with van der Waals surface area (Å²) < 4.78 is 36.3. The SMILES string of the molecule is COc1cc(C(=O)N2CCC(NS(C)(=O)=O)CC2)cc(Cl)c1OCC(C)C. The molecule has 0 atom stereocenters. The second kappa shape index (κ2) is 9.12. The molecule has 1 saturated heterocycles. The molecule has 1 fully saturated rings. The molecule has 1 aromatic rings. The van der Waals surface area contributed by atoms with Gasteiger partial charge in [0, 0.05) is 24.7 Å². The van der Waals surface area contributed by atoms with Gasteiger partial charge < -0.3 is 14.4 Å². The third-order valence-corrected chi connectivity index (χ3v) is 5.24. The molecule has 1 aromatic carbocycles. The van der Waals surface area contributed by atoms with Gasteiger partial charge in [-0.1, -0.05) is 25.4 Å². The van der Waals surface area contributed by atoms with E-state index in [-0.39, 0.29) is 11.9 Å². The van der Waals surface area contributed by atoms with E-state index in [1.54, 1.807) is 17.0 Å². The van der Waals surface area contributed by atoms with Gasteiger partial charge >= 0.3 is 0 Å². The molecule has 0 spiro atoms. The van der Waals surface area contributed by atoms with E-state index in [1.165, 1.54) is 7.11 Å². The topological polar surface area (TPSA) is 84.9 Å². The van der Waals surface area contributed by atoms with Gasteiger partial charge in [0.2, 0.25) is 10.0 Å². The lowest BCUT2D eigenvalue weighted by Gasteiger charge is -2.32. The first kappa shape index (κ1) is 21.8. The van der Waals surface area contributed by atoms with Crippen LogP contribution in [0, 0.1) is 5.92 Å². The first-order valence-electron chi connectivity index (χ1n) is 8.87. The van der Waals surface area contributed by atoms with Crippen LogP contribution in [0.2, 0.25) is 5.02 Å². The van der Waals surface area contributed by atoms with Crippen molar-refractivity contribution in [3.05, 3.63) is 22.7 Å². The number of carbonyl (C=O) groups excluding carboxylic acids is 1. The quantitative estimate of drug-likeness (QED) is 0.735. The van der Waals surface area contributed by atoms with Gasteiger partial charge in [0.25, 0.3) is 5.91 Å². The molecule has 2 rings (SSSR count). The fourth-order valence-corrected chi connectivity index (χ4v) is 4.03. The fraction of sp³-hybridized carbons (Fsp3) is 0.611. The van der Waals surface area contributed by atoms with Crippen molar-refractivity contribution in [2.24, 2.45) is 5.92 Å². The Labute approximate surface area is 166 Å². The fourth-order valence-electron chi connectivity index (χ4n) is 2.92. The third kappa shape index (κ3) is 6.26. The van der Waals surface area contributed by atoms with Crippen LogP contribution in [0.3, 0.4) is 0 Å². The number of likely N-dealkylation sites (tertiary alicyclic amines) is 1. The largest absolute Gasteiger partial charge is 0.493 e. The molecular weight excluding hydrogens is 392 g/mol. The molecule has 1 aliphatic rings. The molecule has 1 amide bonds. The zero-order valence-electron chi connectivity index (χ0n) is 16.1. The number of nitrogens with zero attached hydrogens (tertiary/aromatic N) is 1. The molecule has 0 saturated carbocycles. The molecule has 152 valence electrons. The zero-order chi connectivity index (χ0) is 20.2. The number of piperidine rings is 1. The van der Waals surface area contributed by atoms with E-state index in [2.05, 4.69) is 4.72 Å². The number of ether oxygens (including phenoxy) is 2. The van der Waals surface area contributed by atoms with Gasteiger partial charge in [0.1, 0.15) is 0 Å². The molecule has 1 N–H and O–H groups in total. The maximum Gasteiger partial charge on any atom is 0.254 e. The van der Waals surface area contributed by atoms with E-state index in [0.717, 1.165) is 6.26 Å². The Kier molecular flexibility index (Phi) is 7.36. The lowest BCUT2D eigenvalue weighted by molar-refractivity contribution is 0.0711. The number of carbonyl (C=O) groups is 1. The standard InChI is InChI=1S/C18H27ClN2O5S/c1-12(2)11-26-17-15(19)9-13(10-16(17)25-3)18(22)21-7-5-14(6-8-21)20-27(4,23)24/h9-10,12,14,20H,5-8,11H2,1-4H3. The van der Waals surface area contributed by atoms with Crippen molar-refractivity contribution in [2.75, 3.05) is 33.1 Å². The number of sulfonamides is 1. The number of hydrogen-bond donors (Lipinski definition) is 1. The number of halogens is 1. The number of rotatable bonds is 7. The third-order valence-electron chi connectivity index (χ3n) is 4.20. The van der Waals surface area contributed by atoms with Gasteiger partial charge in [-0.25, -0.2) is 13.1 Å². The van der Waals surface area contributed by atoms with Gasteiger partial charge in [-0.05, 0) is 30.9 Å². The average Bonchev–Trinajstić information content (AvgIpc) is 2.58. The molecule has 27 heavy (non-hydrogen) atoms. The second-order valence-corrected chi connectivity index (χ2v) is 9.34. The molecule has 0 aromatic heterocycles. The minimum atomic E-state index is -3.25. The highest BCUT2D eigenvalue weighted by atomic mass is 35.5. The van der Waals surface area contributed by atoms with Crippen molar-refractivity contribution in [3.8, 4) is 11.5 Å². The average molecular weight is 419 g/mol. The molecule has 0 unspecified atom stereocenters. The number of benzene rings is 1. The summed E-state index contributed by atoms with van der Waals surface area (Å²) >= 11 is 6.32. The summed E-state index contributed by atoms with van der Waals surface area (Å²) in [4.78, 5) is 14.5. The van der Waals surface area contributed by atoms with Crippen LogP contribution in [0.15, 0.2) is 12.1 Å². The maximum absolute atomic E-state index is 12.8. The van der Waals surface area contributed by atoms with Crippen molar-refractivity contribution < 1.29 is 22.7 Å². The first-order chi connectivity index (χ1) is 12.6. The normalized spacial score (nSPS) is 15.9. The van der Waals surface area contributed by atoms with E-state index >= 15 is 0 Å². The zero-order valence-corrected chi connectivity index (χ0v) is 17.7. The van der Waals surface area contributed by atoms with E-state index in [4.69, 9.17) is 21.1 Å². The molecule has 0 aliphatic carbocycles. The number of hydrogen-bond acceptors (Lipinski definition) is 5. The Balaban J connectivity index is 2.09. The van der Waals surface area contributed by atoms with Crippen molar-refractivity contribution in [3.63, 3.8) is 0 Å². The lowest BCUT2D eigenvalue weighted by Crippen LogP contribution is -2.46. The summed E-state index contributed by atoms with van der Waals surface area (Å²) in [6, 6.07) is 3.07. The smallest absolute Gasteiger partial charge is 0.254 e. The lowest BCUT2D eigenvalue weighted by atomic mass is 10.0. The molecule has 0 radical (unpaired) electrons. The van der Waals surface area contributed by atoms with Crippen LogP contribution in [0.25, 0.3) is 0 Å². The monoisotopic (exact) mass is 418 g/mol. The maximum atomic E-state index is 12.8. The van der Waals surface area contributed by atoms with E-state index in [0.29, 0.717) is 60.5 Å². The minimum Gasteiger partial charge on any atom is -0.493 e. The van der Waals surface area contributed by atoms with Crippen LogP contribution >= 0.6 is 11.6 Å². The van der Waals surface area contributed by atoms with Crippen LogP contribution in [0.5, 0.6) is 11.5 Å². The van der Waals surface area contributed by atoms with Crippen LogP contribution in [0.4, 0.5) is 0 Å². The predicted octanol–water partition coefficient (Wildman–Crippen LogP) is 2.54. The molecule has 1 heterocycles. The Morgan fingerprint density at radius 2 is 1.96 bits per heavy atom. The summed E-state index contributed by atoms with van der Waals surface area (Å²) in [5.41, 5.74) is 0.420. The summed E-state index contributed by atoms with van der Waals surface area (Å²) in [6.07, 6.45) is 2.28. The Bertz CT molecular complexity index is 774. The van der Waals surface area contributed by atoms with E-state index in [1.807, 2.05) is 13.8 Å². The first-order valence-corrected chi connectivity index (χ1v) is 11.1. The Morgan fingerprint density at radius 1 is 1.33 bits per heavy atom. The molecule has 1 aliphatic heterocycles. The molecule has 7 nitrogen and oxygen atoms in total. The van der Waals surface area contributed by atoms with Crippen molar-refractivity contribution >= 4 is 27.5 Å². The van der Waals surface area contributed by atoms with Crippen LogP contribution in [-0.4, -0.2) is 58.3 Å². The van der Waals surface area contributed by atoms with E-state index in [9.17, 15) is 13.2 Å². The van der Waals surface area contributed by atoms with Gasteiger partial charge in [-0.3, -0.25) is 4.79 Å².